The van der Waals surface area contributed by atoms with E-state index in [1.807, 2.05) is 12.1 Å². The Balaban J connectivity index is 2.05. The van der Waals surface area contributed by atoms with Crippen LogP contribution in [0.5, 0.6) is 23.0 Å². The molecule has 0 atom stereocenters. The molecule has 0 fully saturated rings. The Bertz CT molecular complexity index is 1020. The van der Waals surface area contributed by atoms with Gasteiger partial charge in [-0.3, -0.25) is 9.59 Å². The van der Waals surface area contributed by atoms with E-state index >= 15 is 0 Å². The first kappa shape index (κ1) is 29.1. The molecule has 8 nitrogen and oxygen atoms in total. The van der Waals surface area contributed by atoms with Crippen LogP contribution in [0.4, 0.5) is 0 Å². The van der Waals surface area contributed by atoms with Crippen LogP contribution in [-0.4, -0.2) is 52.1 Å². The average molecular weight is 708 g/mol. The second kappa shape index (κ2) is 15.1. The second-order valence-corrected chi connectivity index (χ2v) is 9.57. The van der Waals surface area contributed by atoms with Crippen LogP contribution in [0.1, 0.15) is 17.5 Å². The van der Waals surface area contributed by atoms with Crippen molar-refractivity contribution in [1.82, 2.24) is 0 Å². The Kier molecular flexibility index (Phi) is 12.5. The summed E-state index contributed by atoms with van der Waals surface area (Å²) in [4.78, 5) is 24.7. The van der Waals surface area contributed by atoms with Crippen LogP contribution < -0.4 is 30.4 Å². The number of hydrogen-bond donors (Lipinski definition) is 2. The van der Waals surface area contributed by atoms with E-state index in [0.717, 1.165) is 18.3 Å². The zero-order valence-electron chi connectivity index (χ0n) is 19.8. The molecule has 0 spiro atoms. The quantitative estimate of drug-likeness (QED) is 0.177. The van der Waals surface area contributed by atoms with Crippen molar-refractivity contribution in [3.8, 4) is 23.0 Å². The predicted octanol–water partition coefficient (Wildman–Crippen LogP) is 2.41. The van der Waals surface area contributed by atoms with E-state index in [1.54, 1.807) is 38.5 Å². The Morgan fingerprint density at radius 2 is 1.17 bits per heavy atom. The molecule has 2 rings (SSSR count). The number of hydrogen-bond acceptors (Lipinski definition) is 6. The Morgan fingerprint density at radius 1 is 0.771 bits per heavy atom. The third-order valence-corrected chi connectivity index (χ3v) is 6.16. The number of methoxy groups -OCH3 is 2. The predicted molar refractivity (Wildman–Crippen MR) is 151 cm³/mol. The highest BCUT2D eigenvalue weighted by molar-refractivity contribution is 14.1. The van der Waals surface area contributed by atoms with Gasteiger partial charge in [0.2, 0.25) is 0 Å². The van der Waals surface area contributed by atoms with Gasteiger partial charge >= 0.3 is 0 Å². The molecule has 0 bridgehead atoms. The Hall–Kier alpha value is -2.16. The van der Waals surface area contributed by atoms with Crippen molar-refractivity contribution in [2.75, 3.05) is 40.5 Å². The maximum atomic E-state index is 12.3. The van der Waals surface area contributed by atoms with Crippen molar-refractivity contribution in [3.05, 3.63) is 54.7 Å². The highest BCUT2D eigenvalue weighted by atomic mass is 127. The lowest BCUT2D eigenvalue weighted by Gasteiger charge is -2.12. The van der Waals surface area contributed by atoms with E-state index in [0.29, 0.717) is 49.3 Å². The van der Waals surface area contributed by atoms with Crippen molar-refractivity contribution in [2.45, 2.75) is 6.42 Å². The van der Waals surface area contributed by atoms with Crippen LogP contribution in [0, 0.1) is 7.14 Å². The van der Waals surface area contributed by atoms with Gasteiger partial charge in [-0.1, -0.05) is 12.2 Å². The van der Waals surface area contributed by atoms with Crippen molar-refractivity contribution in [1.29, 1.82) is 0 Å². The molecule has 2 aromatic carbocycles. The summed E-state index contributed by atoms with van der Waals surface area (Å²) in [5.41, 5.74) is 9.08. The third-order valence-electron chi connectivity index (χ3n) is 4.56. The van der Waals surface area contributed by atoms with Gasteiger partial charge in [0.1, 0.15) is 26.3 Å². The van der Waals surface area contributed by atoms with Gasteiger partial charge in [0, 0.05) is 0 Å². The summed E-state index contributed by atoms with van der Waals surface area (Å²) in [7, 11) is 3.12. The maximum absolute atomic E-state index is 12.3. The summed E-state index contributed by atoms with van der Waals surface area (Å²) in [6, 6.07) is 7.33. The molecule has 2 aromatic rings. The third kappa shape index (κ3) is 9.09. The normalized spacial score (nSPS) is 11.1. The summed E-state index contributed by atoms with van der Waals surface area (Å²) in [5, 5.41) is 0. The minimum Gasteiger partial charge on any atom is -0.493 e. The van der Waals surface area contributed by atoms with Crippen LogP contribution in [0.15, 0.2) is 36.4 Å². The molecule has 0 amide bonds. The van der Waals surface area contributed by atoms with Gasteiger partial charge in [0.15, 0.2) is 34.6 Å². The van der Waals surface area contributed by atoms with E-state index in [2.05, 4.69) is 56.6 Å². The molecule has 0 radical (unpaired) electrons. The molecule has 0 aliphatic carbocycles. The van der Waals surface area contributed by atoms with Crippen LogP contribution >= 0.6 is 45.2 Å². The molecule has 0 aliphatic rings. The second-order valence-electron chi connectivity index (χ2n) is 7.25. The fraction of sp³-hybridized carbons (Fsp3) is 0.280. The summed E-state index contributed by atoms with van der Waals surface area (Å²) in [6.45, 7) is 2.24. The first-order valence-corrected chi connectivity index (χ1v) is 13.0. The van der Waals surface area contributed by atoms with E-state index in [4.69, 9.17) is 18.9 Å². The largest absolute Gasteiger partial charge is 0.493 e. The number of allylic oxidation sites excluding steroid dienone is 2. The van der Waals surface area contributed by atoms with E-state index < -0.39 is 0 Å². The van der Waals surface area contributed by atoms with E-state index in [1.165, 1.54) is 12.2 Å². The molecular weight excluding hydrogens is 678 g/mol. The number of rotatable bonds is 14. The molecule has 35 heavy (non-hydrogen) atoms. The van der Waals surface area contributed by atoms with E-state index in [-0.39, 0.29) is 18.0 Å². The smallest absolute Gasteiger partial charge is 0.174 e. The minimum absolute atomic E-state index is 0.231. The molecule has 0 saturated heterocycles. The zero-order chi connectivity index (χ0) is 25.8. The Morgan fingerprint density at radius 3 is 1.51 bits per heavy atom. The number of carbonyl (C=O) groups is 2. The first-order valence-electron chi connectivity index (χ1n) is 10.8. The van der Waals surface area contributed by atoms with Crippen LogP contribution in [-0.2, 0) is 9.59 Å². The van der Waals surface area contributed by atoms with Crippen molar-refractivity contribution < 1.29 is 40.0 Å². The lowest BCUT2D eigenvalue weighted by molar-refractivity contribution is -0.371. The van der Waals surface area contributed by atoms with Gasteiger partial charge in [0.25, 0.3) is 0 Å². The molecule has 0 saturated carbocycles. The average Bonchev–Trinajstić information content (AvgIpc) is 2.84. The standard InChI is InChI=1S/C25H28I2N2O6/c1-32-22-13-16(11-20(26)24(22)34-9-7-28)3-5-18(30)15-19(31)6-4-17-12-21(27)25(35-10-8-29)23(14-17)33-2/h3-6,11-14H,7-10,15,28-29H2,1-2H3/p+2/b5-3+,6-4+. The SMILES string of the molecule is COc1cc(/C=C/C(=O)CC(=O)/C=C/c2cc(I)c(OCC[NH3+])c(OC)c2)cc(I)c1OCC[NH3+]. The number of ether oxygens (including phenoxy) is 4. The fourth-order valence-electron chi connectivity index (χ4n) is 2.97. The topological polar surface area (TPSA) is 126 Å². The number of carbonyl (C=O) groups excluding carboxylic acids is 2. The van der Waals surface area contributed by atoms with Crippen molar-refractivity contribution >= 4 is 68.9 Å². The Labute approximate surface area is 232 Å². The van der Waals surface area contributed by atoms with Gasteiger partial charge < -0.3 is 30.4 Å². The summed E-state index contributed by atoms with van der Waals surface area (Å²) >= 11 is 4.31. The summed E-state index contributed by atoms with van der Waals surface area (Å²) in [5.74, 6) is 1.85. The minimum atomic E-state index is -0.296. The van der Waals surface area contributed by atoms with Crippen LogP contribution in [0.25, 0.3) is 12.2 Å². The molecule has 6 N–H and O–H groups in total. The van der Waals surface area contributed by atoms with Gasteiger partial charge in [-0.25, -0.2) is 0 Å². The van der Waals surface area contributed by atoms with Gasteiger partial charge in [-0.2, -0.15) is 0 Å². The van der Waals surface area contributed by atoms with Crippen molar-refractivity contribution in [3.63, 3.8) is 0 Å². The lowest BCUT2D eigenvalue weighted by Crippen LogP contribution is -2.52. The highest BCUT2D eigenvalue weighted by Crippen LogP contribution is 2.35. The number of quaternary nitrogens is 2. The molecule has 0 heterocycles. The zero-order valence-corrected chi connectivity index (χ0v) is 24.1. The molecule has 0 aliphatic heterocycles. The molecule has 10 heteroatoms. The molecule has 0 aromatic heterocycles. The highest BCUT2D eigenvalue weighted by Gasteiger charge is 2.13. The number of halogens is 2. The van der Waals surface area contributed by atoms with E-state index in [9.17, 15) is 9.59 Å². The van der Waals surface area contributed by atoms with Gasteiger partial charge in [-0.05, 0) is 92.7 Å². The lowest BCUT2D eigenvalue weighted by atomic mass is 10.1. The molecule has 0 unspecified atom stereocenters. The number of benzene rings is 2. The first-order chi connectivity index (χ1) is 16.8. The maximum Gasteiger partial charge on any atom is 0.174 e. The summed E-state index contributed by atoms with van der Waals surface area (Å²) in [6.07, 6.45) is 5.88. The summed E-state index contributed by atoms with van der Waals surface area (Å²) < 4.78 is 23.9. The van der Waals surface area contributed by atoms with Gasteiger partial charge in [-0.15, -0.1) is 0 Å². The van der Waals surface area contributed by atoms with Crippen LogP contribution in [0.2, 0.25) is 0 Å². The molecular formula is C25H30I2N2O6+2. The van der Waals surface area contributed by atoms with Gasteiger partial charge in [0.05, 0.1) is 27.8 Å². The van der Waals surface area contributed by atoms with Crippen LogP contribution in [0.3, 0.4) is 0 Å². The fourth-order valence-corrected chi connectivity index (χ4v) is 4.53. The number of ketones is 2. The monoisotopic (exact) mass is 708 g/mol. The molecule has 188 valence electrons. The van der Waals surface area contributed by atoms with Crippen molar-refractivity contribution in [2.24, 2.45) is 0 Å².